The SMILES string of the molecule is COCCN(c1ccc(Nc2cc(-c3ccnc(-n4ccn5c6c(cc5c4=O)CC(C)(C)C6)c3CO)cn(C)c2=O)nc1)C(C)C. The van der Waals surface area contributed by atoms with E-state index in [1.165, 1.54) is 20.4 Å². The summed E-state index contributed by atoms with van der Waals surface area (Å²) in [5, 5.41) is 13.8. The van der Waals surface area contributed by atoms with Crippen molar-refractivity contribution < 1.29 is 9.84 Å². The van der Waals surface area contributed by atoms with Crippen molar-refractivity contribution in [3.8, 4) is 16.9 Å². The molecule has 0 bridgehead atoms. The van der Waals surface area contributed by atoms with Crippen molar-refractivity contribution in [1.29, 1.82) is 0 Å². The summed E-state index contributed by atoms with van der Waals surface area (Å²) in [6.07, 6.45) is 10.5. The molecule has 0 aromatic carbocycles. The molecule has 0 atom stereocenters. The number of aliphatic hydroxyl groups excluding tert-OH is 1. The van der Waals surface area contributed by atoms with E-state index in [0.29, 0.717) is 46.1 Å². The summed E-state index contributed by atoms with van der Waals surface area (Å²) in [6.45, 7) is 9.69. The summed E-state index contributed by atoms with van der Waals surface area (Å²) < 4.78 is 10.2. The Kier molecular flexibility index (Phi) is 8.30. The Morgan fingerprint density at radius 2 is 1.89 bits per heavy atom. The third-order valence-corrected chi connectivity index (χ3v) is 8.77. The maximum Gasteiger partial charge on any atom is 0.280 e. The highest BCUT2D eigenvalue weighted by Crippen LogP contribution is 2.37. The van der Waals surface area contributed by atoms with Crippen molar-refractivity contribution in [2.45, 2.75) is 53.2 Å². The van der Waals surface area contributed by atoms with E-state index in [2.05, 4.69) is 47.9 Å². The van der Waals surface area contributed by atoms with E-state index >= 15 is 0 Å². The zero-order valence-electron chi connectivity index (χ0n) is 27.2. The molecule has 0 saturated carbocycles. The van der Waals surface area contributed by atoms with Gasteiger partial charge in [0, 0.05) is 68.4 Å². The van der Waals surface area contributed by atoms with Gasteiger partial charge in [0.1, 0.15) is 22.8 Å². The molecule has 5 aromatic heterocycles. The Hall–Kier alpha value is -4.74. The largest absolute Gasteiger partial charge is 0.392 e. The number of pyridine rings is 3. The van der Waals surface area contributed by atoms with Gasteiger partial charge in [0.2, 0.25) is 0 Å². The van der Waals surface area contributed by atoms with Gasteiger partial charge < -0.3 is 29.0 Å². The van der Waals surface area contributed by atoms with Crippen molar-refractivity contribution >= 4 is 22.7 Å². The van der Waals surface area contributed by atoms with Gasteiger partial charge in [0.05, 0.1) is 25.1 Å². The molecule has 240 valence electrons. The number of nitrogens with zero attached hydrogens (tertiary/aromatic N) is 6. The van der Waals surface area contributed by atoms with Crippen molar-refractivity contribution in [2.75, 3.05) is 30.5 Å². The molecule has 11 heteroatoms. The number of hydrogen-bond donors (Lipinski definition) is 2. The number of aryl methyl sites for hydroxylation is 1. The Labute approximate surface area is 267 Å². The monoisotopic (exact) mass is 623 g/mol. The van der Waals surface area contributed by atoms with Gasteiger partial charge in [-0.3, -0.25) is 14.2 Å². The van der Waals surface area contributed by atoms with E-state index in [0.717, 1.165) is 25.1 Å². The van der Waals surface area contributed by atoms with Gasteiger partial charge in [-0.2, -0.15) is 0 Å². The molecule has 11 nitrogen and oxygen atoms in total. The molecule has 5 heterocycles. The molecule has 46 heavy (non-hydrogen) atoms. The zero-order chi connectivity index (χ0) is 32.7. The minimum Gasteiger partial charge on any atom is -0.392 e. The van der Waals surface area contributed by atoms with Gasteiger partial charge >= 0.3 is 0 Å². The zero-order valence-corrected chi connectivity index (χ0v) is 27.2. The second-order valence-electron chi connectivity index (χ2n) is 13.0. The minimum absolute atomic E-state index is 0.169. The van der Waals surface area contributed by atoms with Crippen LogP contribution >= 0.6 is 0 Å². The van der Waals surface area contributed by atoms with Crippen LogP contribution in [-0.2, 0) is 31.2 Å². The maximum absolute atomic E-state index is 13.8. The topological polar surface area (TPSA) is 119 Å². The van der Waals surface area contributed by atoms with E-state index < -0.39 is 0 Å². The molecule has 0 fully saturated rings. The fraction of sp³-hybridized carbons (Fsp3) is 0.371. The van der Waals surface area contributed by atoms with E-state index in [4.69, 9.17) is 4.74 Å². The number of ether oxygens (including phenoxy) is 1. The summed E-state index contributed by atoms with van der Waals surface area (Å²) in [5.74, 6) is 0.867. The fourth-order valence-corrected chi connectivity index (χ4v) is 6.53. The van der Waals surface area contributed by atoms with E-state index in [1.54, 1.807) is 51.1 Å². The normalized spacial score (nSPS) is 13.8. The fourth-order valence-electron chi connectivity index (χ4n) is 6.53. The average molecular weight is 624 g/mol. The molecule has 6 rings (SSSR count). The first-order valence-electron chi connectivity index (χ1n) is 15.5. The lowest BCUT2D eigenvalue weighted by molar-refractivity contribution is 0.204. The van der Waals surface area contributed by atoms with Crippen LogP contribution in [0.15, 0.2) is 70.9 Å². The van der Waals surface area contributed by atoms with Crippen LogP contribution in [0.5, 0.6) is 0 Å². The van der Waals surface area contributed by atoms with Crippen molar-refractivity contribution in [2.24, 2.45) is 12.5 Å². The lowest BCUT2D eigenvalue weighted by atomic mass is 9.90. The first kappa shape index (κ1) is 31.3. The van der Waals surface area contributed by atoms with Gasteiger partial charge in [0.25, 0.3) is 11.1 Å². The maximum atomic E-state index is 13.8. The molecule has 0 saturated heterocycles. The van der Waals surface area contributed by atoms with Crippen LogP contribution in [0, 0.1) is 5.41 Å². The molecule has 1 aliphatic rings. The van der Waals surface area contributed by atoms with Crippen LogP contribution in [-0.4, -0.2) is 54.9 Å². The second-order valence-corrected chi connectivity index (χ2v) is 13.0. The summed E-state index contributed by atoms with van der Waals surface area (Å²) in [5.41, 5.74) is 5.78. The first-order chi connectivity index (χ1) is 22.0. The van der Waals surface area contributed by atoms with Crippen molar-refractivity contribution in [1.82, 2.24) is 23.5 Å². The number of aromatic nitrogens is 5. The lowest BCUT2D eigenvalue weighted by Gasteiger charge is -2.28. The highest BCUT2D eigenvalue weighted by atomic mass is 16.5. The molecular weight excluding hydrogens is 582 g/mol. The number of methoxy groups -OCH3 is 1. The Balaban J connectivity index is 1.35. The van der Waals surface area contributed by atoms with Crippen LogP contribution < -0.4 is 21.3 Å². The summed E-state index contributed by atoms with van der Waals surface area (Å²) >= 11 is 0. The number of rotatable bonds is 10. The summed E-state index contributed by atoms with van der Waals surface area (Å²) in [7, 11) is 3.36. The van der Waals surface area contributed by atoms with Gasteiger partial charge in [-0.15, -0.1) is 0 Å². The lowest BCUT2D eigenvalue weighted by Crippen LogP contribution is -2.33. The predicted molar refractivity (Wildman–Crippen MR) is 180 cm³/mol. The van der Waals surface area contributed by atoms with Crippen LogP contribution in [0.3, 0.4) is 0 Å². The summed E-state index contributed by atoms with van der Waals surface area (Å²) in [6, 6.07) is 9.57. The van der Waals surface area contributed by atoms with Crippen molar-refractivity contribution in [3.63, 3.8) is 0 Å². The van der Waals surface area contributed by atoms with Gasteiger partial charge in [-0.05, 0) is 73.6 Å². The molecule has 1 aliphatic carbocycles. The molecule has 0 spiro atoms. The van der Waals surface area contributed by atoms with Gasteiger partial charge in [-0.1, -0.05) is 13.8 Å². The standard InChI is InChI=1S/C35H41N7O4/c1-22(2)40(13-14-46-6)25-7-8-31(37-19-25)38-28-15-24(20-39(5)33(28)44)26-9-10-36-32(27(26)21-43)42-12-11-41-29(34(42)45)16-23-17-35(3,4)18-30(23)41/h7-12,15-16,19-20,22,43H,13-14,17-18,21H2,1-6H3,(H,37,38). The third kappa shape index (κ3) is 5.72. The number of hydrogen-bond acceptors (Lipinski definition) is 8. The number of aliphatic hydroxyl groups is 1. The van der Waals surface area contributed by atoms with Gasteiger partial charge in [0.15, 0.2) is 0 Å². The Morgan fingerprint density at radius 3 is 2.59 bits per heavy atom. The molecule has 0 unspecified atom stereocenters. The number of nitrogens with one attached hydrogen (secondary N) is 1. The highest BCUT2D eigenvalue weighted by molar-refractivity contribution is 5.73. The minimum atomic E-state index is -0.355. The third-order valence-electron chi connectivity index (χ3n) is 8.77. The van der Waals surface area contributed by atoms with Crippen LogP contribution in [0.2, 0.25) is 0 Å². The van der Waals surface area contributed by atoms with Crippen LogP contribution in [0.25, 0.3) is 22.5 Å². The molecular formula is C35H41N7O4. The molecule has 0 radical (unpaired) electrons. The molecule has 5 aromatic rings. The van der Waals surface area contributed by atoms with Gasteiger partial charge in [-0.25, -0.2) is 9.97 Å². The van der Waals surface area contributed by atoms with Crippen LogP contribution in [0.1, 0.15) is 44.5 Å². The Morgan fingerprint density at radius 1 is 1.09 bits per heavy atom. The van der Waals surface area contributed by atoms with Crippen LogP contribution in [0.4, 0.5) is 17.2 Å². The molecule has 0 amide bonds. The molecule has 2 N–H and O–H groups in total. The van der Waals surface area contributed by atoms with E-state index in [1.807, 2.05) is 28.8 Å². The Bertz CT molecular complexity index is 2020. The highest BCUT2D eigenvalue weighted by Gasteiger charge is 2.32. The molecule has 0 aliphatic heterocycles. The van der Waals surface area contributed by atoms with Crippen molar-refractivity contribution in [3.05, 3.63) is 98.8 Å². The average Bonchev–Trinajstić information content (AvgIpc) is 3.52. The summed E-state index contributed by atoms with van der Waals surface area (Å²) in [4.78, 5) is 38.3. The predicted octanol–water partition coefficient (Wildman–Crippen LogP) is 4.47. The second kappa shape index (κ2) is 12.2. The van der Waals surface area contributed by atoms with E-state index in [-0.39, 0.29) is 29.2 Å². The first-order valence-corrected chi connectivity index (χ1v) is 15.5. The quantitative estimate of drug-likeness (QED) is 0.234. The number of anilines is 3. The smallest absolute Gasteiger partial charge is 0.280 e. The van der Waals surface area contributed by atoms with E-state index in [9.17, 15) is 14.7 Å². The number of fused-ring (bicyclic) bond motifs is 3.